The first-order valence-electron chi connectivity index (χ1n) is 7.97. The quantitative estimate of drug-likeness (QED) is 0.914. The summed E-state index contributed by atoms with van der Waals surface area (Å²) in [7, 11) is 0. The van der Waals surface area contributed by atoms with Crippen LogP contribution in [0.4, 0.5) is 14.5 Å². The number of anilines is 1. The van der Waals surface area contributed by atoms with Crippen LogP contribution in [0.3, 0.4) is 0 Å². The van der Waals surface area contributed by atoms with Crippen molar-refractivity contribution in [2.75, 3.05) is 24.5 Å². The standard InChI is InChI=1S/C18H21F2N3/c1-13(15-3-2-7-21-11-15)22-10-14-6-8-23(12-14)16-4-5-17(19)18(20)9-16/h2-5,7,9,11,13-14,22H,6,8,10,12H2,1H3/t13-,14+/m0/s1. The molecule has 5 heteroatoms. The number of aromatic nitrogens is 1. The highest BCUT2D eigenvalue weighted by Gasteiger charge is 2.23. The van der Waals surface area contributed by atoms with Crippen molar-refractivity contribution < 1.29 is 8.78 Å². The second kappa shape index (κ2) is 7.04. The number of hydrogen-bond donors (Lipinski definition) is 1. The van der Waals surface area contributed by atoms with Gasteiger partial charge < -0.3 is 10.2 Å². The van der Waals surface area contributed by atoms with Crippen LogP contribution in [-0.2, 0) is 0 Å². The van der Waals surface area contributed by atoms with Crippen LogP contribution in [0.25, 0.3) is 0 Å². The molecule has 0 aliphatic carbocycles. The molecule has 1 aromatic heterocycles. The molecule has 0 unspecified atom stereocenters. The van der Waals surface area contributed by atoms with E-state index in [1.807, 2.05) is 12.3 Å². The molecule has 1 aliphatic heterocycles. The van der Waals surface area contributed by atoms with Gasteiger partial charge in [-0.3, -0.25) is 4.98 Å². The number of nitrogens with one attached hydrogen (secondary N) is 1. The lowest BCUT2D eigenvalue weighted by molar-refractivity contribution is 0.472. The minimum absolute atomic E-state index is 0.251. The molecule has 1 aliphatic rings. The van der Waals surface area contributed by atoms with E-state index in [-0.39, 0.29) is 6.04 Å². The van der Waals surface area contributed by atoms with E-state index in [0.717, 1.165) is 31.7 Å². The third kappa shape index (κ3) is 3.85. The normalized spacial score (nSPS) is 19.1. The van der Waals surface area contributed by atoms with Gasteiger partial charge in [-0.1, -0.05) is 6.07 Å². The Morgan fingerprint density at radius 2 is 2.17 bits per heavy atom. The first-order valence-corrected chi connectivity index (χ1v) is 7.97. The van der Waals surface area contributed by atoms with Gasteiger partial charge in [-0.25, -0.2) is 8.78 Å². The molecule has 2 atom stereocenters. The summed E-state index contributed by atoms with van der Waals surface area (Å²) in [4.78, 5) is 6.25. The average Bonchev–Trinajstić information content (AvgIpc) is 3.05. The molecule has 2 aromatic rings. The molecule has 0 amide bonds. The van der Waals surface area contributed by atoms with Crippen LogP contribution >= 0.6 is 0 Å². The Hall–Kier alpha value is -2.01. The zero-order chi connectivity index (χ0) is 16.2. The van der Waals surface area contributed by atoms with Crippen LogP contribution in [0.2, 0.25) is 0 Å². The van der Waals surface area contributed by atoms with Crippen LogP contribution in [0.1, 0.15) is 24.9 Å². The first kappa shape index (κ1) is 15.9. The number of hydrogen-bond acceptors (Lipinski definition) is 3. The SMILES string of the molecule is C[C@H](NC[C@H]1CCN(c2ccc(F)c(F)c2)C1)c1cccnc1. The number of rotatable bonds is 5. The minimum atomic E-state index is -0.795. The lowest BCUT2D eigenvalue weighted by Crippen LogP contribution is -2.28. The fourth-order valence-corrected chi connectivity index (χ4v) is 3.01. The van der Waals surface area contributed by atoms with Crippen molar-refractivity contribution in [2.45, 2.75) is 19.4 Å². The third-order valence-corrected chi connectivity index (χ3v) is 4.45. The second-order valence-corrected chi connectivity index (χ2v) is 6.12. The predicted molar refractivity (Wildman–Crippen MR) is 87.3 cm³/mol. The van der Waals surface area contributed by atoms with E-state index >= 15 is 0 Å². The molecule has 1 aromatic carbocycles. The molecule has 23 heavy (non-hydrogen) atoms. The van der Waals surface area contributed by atoms with E-state index in [9.17, 15) is 8.78 Å². The van der Waals surface area contributed by atoms with E-state index in [1.54, 1.807) is 12.3 Å². The Labute approximate surface area is 135 Å². The zero-order valence-electron chi connectivity index (χ0n) is 13.2. The lowest BCUT2D eigenvalue weighted by Gasteiger charge is -2.20. The summed E-state index contributed by atoms with van der Waals surface area (Å²) in [5.41, 5.74) is 1.93. The van der Waals surface area contributed by atoms with E-state index in [2.05, 4.69) is 28.2 Å². The van der Waals surface area contributed by atoms with Crippen LogP contribution < -0.4 is 10.2 Å². The molecule has 0 bridgehead atoms. The van der Waals surface area contributed by atoms with Gasteiger partial charge in [0.2, 0.25) is 0 Å². The van der Waals surface area contributed by atoms with E-state index in [1.165, 1.54) is 17.7 Å². The maximum Gasteiger partial charge on any atom is 0.160 e. The average molecular weight is 317 g/mol. The summed E-state index contributed by atoms with van der Waals surface area (Å²) < 4.78 is 26.4. The number of pyridine rings is 1. The van der Waals surface area contributed by atoms with Crippen molar-refractivity contribution in [2.24, 2.45) is 5.92 Å². The van der Waals surface area contributed by atoms with Gasteiger partial charge in [-0.15, -0.1) is 0 Å². The minimum Gasteiger partial charge on any atom is -0.371 e. The van der Waals surface area contributed by atoms with Crippen molar-refractivity contribution in [1.82, 2.24) is 10.3 Å². The Balaban J connectivity index is 1.53. The molecule has 1 fully saturated rings. The summed E-state index contributed by atoms with van der Waals surface area (Å²) in [6.07, 6.45) is 4.69. The van der Waals surface area contributed by atoms with Crippen molar-refractivity contribution >= 4 is 5.69 Å². The second-order valence-electron chi connectivity index (χ2n) is 6.12. The molecule has 0 spiro atoms. The fraction of sp³-hybridized carbons (Fsp3) is 0.389. The monoisotopic (exact) mass is 317 g/mol. The summed E-state index contributed by atoms with van der Waals surface area (Å²) in [6, 6.07) is 8.37. The third-order valence-electron chi connectivity index (χ3n) is 4.45. The van der Waals surface area contributed by atoms with Crippen molar-refractivity contribution in [3.8, 4) is 0 Å². The Morgan fingerprint density at radius 1 is 1.30 bits per heavy atom. The molecule has 0 saturated carbocycles. The fourth-order valence-electron chi connectivity index (χ4n) is 3.01. The molecular weight excluding hydrogens is 296 g/mol. The molecule has 3 nitrogen and oxygen atoms in total. The molecule has 0 radical (unpaired) electrons. The van der Waals surface area contributed by atoms with E-state index in [0.29, 0.717) is 5.92 Å². The maximum atomic E-state index is 13.4. The van der Waals surface area contributed by atoms with E-state index in [4.69, 9.17) is 0 Å². The highest BCUT2D eigenvalue weighted by Crippen LogP contribution is 2.25. The molecule has 1 saturated heterocycles. The Kier molecular flexibility index (Phi) is 4.86. The predicted octanol–water partition coefficient (Wildman–Crippen LogP) is 3.54. The first-order chi connectivity index (χ1) is 11.1. The molecule has 122 valence electrons. The van der Waals surface area contributed by atoms with Crippen molar-refractivity contribution in [3.05, 3.63) is 59.9 Å². The number of halogens is 2. The van der Waals surface area contributed by atoms with Gasteiger partial charge in [0.25, 0.3) is 0 Å². The van der Waals surface area contributed by atoms with Gasteiger partial charge in [0, 0.05) is 49.8 Å². The summed E-state index contributed by atoms with van der Waals surface area (Å²) in [6.45, 7) is 4.76. The van der Waals surface area contributed by atoms with Gasteiger partial charge >= 0.3 is 0 Å². The Bertz CT molecular complexity index is 648. The largest absolute Gasteiger partial charge is 0.371 e. The molecular formula is C18H21F2N3. The van der Waals surface area contributed by atoms with Crippen LogP contribution in [-0.4, -0.2) is 24.6 Å². The highest BCUT2D eigenvalue weighted by atomic mass is 19.2. The van der Waals surface area contributed by atoms with Gasteiger partial charge in [0.05, 0.1) is 0 Å². The van der Waals surface area contributed by atoms with E-state index < -0.39 is 11.6 Å². The van der Waals surface area contributed by atoms with Gasteiger partial charge in [0.1, 0.15) is 0 Å². The van der Waals surface area contributed by atoms with Gasteiger partial charge in [-0.05, 0) is 43.0 Å². The van der Waals surface area contributed by atoms with Crippen LogP contribution in [0.15, 0.2) is 42.7 Å². The van der Waals surface area contributed by atoms with Gasteiger partial charge in [-0.2, -0.15) is 0 Å². The summed E-state index contributed by atoms with van der Waals surface area (Å²) in [5, 5.41) is 3.53. The Morgan fingerprint density at radius 3 is 2.91 bits per heavy atom. The number of benzene rings is 1. The van der Waals surface area contributed by atoms with Crippen LogP contribution in [0.5, 0.6) is 0 Å². The highest BCUT2D eigenvalue weighted by molar-refractivity contribution is 5.47. The maximum absolute atomic E-state index is 13.4. The topological polar surface area (TPSA) is 28.2 Å². The molecule has 2 heterocycles. The molecule has 3 rings (SSSR count). The smallest absolute Gasteiger partial charge is 0.160 e. The summed E-state index contributed by atoms with van der Waals surface area (Å²) >= 11 is 0. The number of nitrogens with zero attached hydrogens (tertiary/aromatic N) is 2. The lowest BCUT2D eigenvalue weighted by atomic mass is 10.1. The van der Waals surface area contributed by atoms with Crippen molar-refractivity contribution in [1.29, 1.82) is 0 Å². The summed E-state index contributed by atoms with van der Waals surface area (Å²) in [5.74, 6) is -1.08. The van der Waals surface area contributed by atoms with Crippen molar-refractivity contribution in [3.63, 3.8) is 0 Å². The van der Waals surface area contributed by atoms with Crippen LogP contribution in [0, 0.1) is 17.6 Å². The zero-order valence-corrected chi connectivity index (χ0v) is 13.2. The molecule has 1 N–H and O–H groups in total. The van der Waals surface area contributed by atoms with Gasteiger partial charge in [0.15, 0.2) is 11.6 Å².